The molecule has 1 aromatic heterocycles. The summed E-state index contributed by atoms with van der Waals surface area (Å²) in [5.74, 6) is 0.487. The minimum Gasteiger partial charge on any atom is -0.250 e. The monoisotopic (exact) mass is 291 g/mol. The Balaban J connectivity index is 2.32. The fourth-order valence-corrected chi connectivity index (χ4v) is 3.48. The van der Waals surface area contributed by atoms with E-state index in [4.69, 9.17) is 0 Å². The highest BCUT2D eigenvalue weighted by Gasteiger charge is 2.04. The molecular formula is C9H7BrFNS2. The second-order valence-electron chi connectivity index (χ2n) is 2.63. The van der Waals surface area contributed by atoms with E-state index < -0.39 is 0 Å². The van der Waals surface area contributed by atoms with Crippen LogP contribution in [-0.4, -0.2) is 17.4 Å². The number of hydrogen-bond donors (Lipinski definition) is 0. The highest BCUT2D eigenvalue weighted by molar-refractivity contribution is 9.10. The van der Waals surface area contributed by atoms with Gasteiger partial charge in [0.25, 0.3) is 0 Å². The number of hydrogen-bond acceptors (Lipinski definition) is 3. The van der Waals surface area contributed by atoms with Crippen LogP contribution in [-0.2, 0) is 0 Å². The largest absolute Gasteiger partial charge is 0.250 e. The van der Waals surface area contributed by atoms with Crippen LogP contribution < -0.4 is 0 Å². The molecule has 74 valence electrons. The topological polar surface area (TPSA) is 12.9 Å². The lowest BCUT2D eigenvalue weighted by Crippen LogP contribution is -1.78. The molecule has 0 saturated heterocycles. The van der Waals surface area contributed by atoms with E-state index in [0.717, 1.165) is 19.0 Å². The maximum absolute atomic E-state index is 11.9. The zero-order valence-electron chi connectivity index (χ0n) is 7.17. The Morgan fingerprint density at radius 3 is 3.14 bits per heavy atom. The van der Waals surface area contributed by atoms with Crippen LogP contribution in [0.15, 0.2) is 27.0 Å². The Hall–Kier alpha value is -0.130. The SMILES string of the molecule is FCCSc1nc2ccc(Br)cc2s1. The second-order valence-corrected chi connectivity index (χ2v) is 5.92. The first-order valence-corrected chi connectivity index (χ1v) is 6.64. The van der Waals surface area contributed by atoms with Crippen molar-refractivity contribution in [3.8, 4) is 0 Å². The first-order valence-electron chi connectivity index (χ1n) is 4.04. The summed E-state index contributed by atoms with van der Waals surface area (Å²) < 4.78 is 15.1. The van der Waals surface area contributed by atoms with Gasteiger partial charge in [-0.05, 0) is 18.2 Å². The Labute approximate surface area is 97.9 Å². The molecular weight excluding hydrogens is 285 g/mol. The highest BCUT2D eigenvalue weighted by Crippen LogP contribution is 2.30. The van der Waals surface area contributed by atoms with Crippen LogP contribution in [0.1, 0.15) is 0 Å². The second kappa shape index (κ2) is 4.59. The van der Waals surface area contributed by atoms with E-state index in [1.807, 2.05) is 18.2 Å². The van der Waals surface area contributed by atoms with Gasteiger partial charge in [-0.3, -0.25) is 4.39 Å². The van der Waals surface area contributed by atoms with Crippen LogP contribution in [0, 0.1) is 0 Å². The predicted molar refractivity (Wildman–Crippen MR) is 64.0 cm³/mol. The average Bonchev–Trinajstić information content (AvgIpc) is 2.56. The molecule has 1 heterocycles. The van der Waals surface area contributed by atoms with Gasteiger partial charge in [0.2, 0.25) is 0 Å². The van der Waals surface area contributed by atoms with Crippen LogP contribution in [0.5, 0.6) is 0 Å². The number of thiazole rings is 1. The molecule has 0 N–H and O–H groups in total. The Bertz CT molecular complexity index is 443. The molecule has 5 heteroatoms. The van der Waals surface area contributed by atoms with Crippen molar-refractivity contribution in [1.82, 2.24) is 4.98 Å². The number of fused-ring (bicyclic) bond motifs is 1. The molecule has 14 heavy (non-hydrogen) atoms. The average molecular weight is 292 g/mol. The third-order valence-corrected chi connectivity index (χ3v) is 4.24. The number of benzene rings is 1. The lowest BCUT2D eigenvalue weighted by atomic mass is 10.3. The molecule has 0 aliphatic carbocycles. The zero-order valence-corrected chi connectivity index (χ0v) is 10.4. The normalized spacial score (nSPS) is 11.0. The smallest absolute Gasteiger partial charge is 0.151 e. The van der Waals surface area contributed by atoms with Crippen LogP contribution in [0.3, 0.4) is 0 Å². The van der Waals surface area contributed by atoms with Crippen molar-refractivity contribution in [3.05, 3.63) is 22.7 Å². The molecule has 0 aliphatic rings. The van der Waals surface area contributed by atoms with E-state index in [2.05, 4.69) is 20.9 Å². The molecule has 0 spiro atoms. The van der Waals surface area contributed by atoms with Crippen molar-refractivity contribution < 1.29 is 4.39 Å². The number of alkyl halides is 1. The lowest BCUT2D eigenvalue weighted by Gasteiger charge is -1.87. The predicted octanol–water partition coefficient (Wildman–Crippen LogP) is 4.12. The first kappa shape index (κ1) is 10.4. The van der Waals surface area contributed by atoms with Crippen molar-refractivity contribution in [2.75, 3.05) is 12.4 Å². The Morgan fingerprint density at radius 2 is 2.36 bits per heavy atom. The Morgan fingerprint density at radius 1 is 1.50 bits per heavy atom. The van der Waals surface area contributed by atoms with Gasteiger partial charge in [0.15, 0.2) is 4.34 Å². The van der Waals surface area contributed by atoms with Crippen LogP contribution in [0.2, 0.25) is 0 Å². The fourth-order valence-electron chi connectivity index (χ4n) is 1.06. The van der Waals surface area contributed by atoms with Gasteiger partial charge in [0.05, 0.1) is 16.9 Å². The molecule has 0 radical (unpaired) electrons. The van der Waals surface area contributed by atoms with E-state index in [-0.39, 0.29) is 6.67 Å². The molecule has 2 aromatic rings. The van der Waals surface area contributed by atoms with Crippen molar-refractivity contribution in [2.24, 2.45) is 0 Å². The highest BCUT2D eigenvalue weighted by atomic mass is 79.9. The van der Waals surface area contributed by atoms with E-state index in [9.17, 15) is 4.39 Å². The van der Waals surface area contributed by atoms with Crippen LogP contribution >= 0.6 is 39.0 Å². The molecule has 1 aromatic carbocycles. The van der Waals surface area contributed by atoms with E-state index in [0.29, 0.717) is 5.75 Å². The summed E-state index contributed by atoms with van der Waals surface area (Å²) in [4.78, 5) is 4.39. The van der Waals surface area contributed by atoms with Gasteiger partial charge in [-0.2, -0.15) is 0 Å². The summed E-state index contributed by atoms with van der Waals surface area (Å²) in [7, 11) is 0. The van der Waals surface area contributed by atoms with Crippen LogP contribution in [0.25, 0.3) is 10.2 Å². The van der Waals surface area contributed by atoms with Crippen molar-refractivity contribution >= 4 is 49.2 Å². The lowest BCUT2D eigenvalue weighted by molar-refractivity contribution is 0.533. The molecule has 0 fully saturated rings. The Kier molecular flexibility index (Phi) is 3.41. The van der Waals surface area contributed by atoms with Gasteiger partial charge in [0.1, 0.15) is 0 Å². The third kappa shape index (κ3) is 2.27. The molecule has 0 bridgehead atoms. The van der Waals surface area contributed by atoms with E-state index in [1.54, 1.807) is 11.3 Å². The van der Waals surface area contributed by atoms with Gasteiger partial charge in [-0.15, -0.1) is 11.3 Å². The van der Waals surface area contributed by atoms with Crippen molar-refractivity contribution in [2.45, 2.75) is 4.34 Å². The molecule has 0 saturated carbocycles. The number of rotatable bonds is 3. The minimum atomic E-state index is -0.301. The summed E-state index contributed by atoms with van der Waals surface area (Å²) >= 11 is 6.48. The van der Waals surface area contributed by atoms with Crippen LogP contribution in [0.4, 0.5) is 4.39 Å². The summed E-state index contributed by atoms with van der Waals surface area (Å²) in [5.41, 5.74) is 0.986. The number of aromatic nitrogens is 1. The van der Waals surface area contributed by atoms with Gasteiger partial charge < -0.3 is 0 Å². The number of halogens is 2. The van der Waals surface area contributed by atoms with Crippen molar-refractivity contribution in [1.29, 1.82) is 0 Å². The van der Waals surface area contributed by atoms with Gasteiger partial charge in [-0.1, -0.05) is 27.7 Å². The molecule has 0 unspecified atom stereocenters. The maximum Gasteiger partial charge on any atom is 0.151 e. The number of thioether (sulfide) groups is 1. The van der Waals surface area contributed by atoms with E-state index >= 15 is 0 Å². The molecule has 0 amide bonds. The fraction of sp³-hybridized carbons (Fsp3) is 0.222. The summed E-state index contributed by atoms with van der Waals surface area (Å²) in [6, 6.07) is 5.97. The molecule has 0 aliphatic heterocycles. The van der Waals surface area contributed by atoms with Crippen molar-refractivity contribution in [3.63, 3.8) is 0 Å². The molecule has 0 atom stereocenters. The quantitative estimate of drug-likeness (QED) is 0.789. The zero-order chi connectivity index (χ0) is 9.97. The summed E-state index contributed by atoms with van der Waals surface area (Å²) in [6.45, 7) is -0.301. The standard InChI is InChI=1S/C9H7BrFNS2/c10-6-1-2-7-8(5-6)14-9(12-7)13-4-3-11/h1-2,5H,3-4H2. The third-order valence-electron chi connectivity index (χ3n) is 1.63. The number of nitrogens with zero attached hydrogens (tertiary/aromatic N) is 1. The summed E-state index contributed by atoms with van der Waals surface area (Å²) in [5, 5.41) is 0. The summed E-state index contributed by atoms with van der Waals surface area (Å²) in [6.07, 6.45) is 0. The maximum atomic E-state index is 11.9. The molecule has 1 nitrogen and oxygen atoms in total. The van der Waals surface area contributed by atoms with Gasteiger partial charge >= 0.3 is 0 Å². The molecule has 2 rings (SSSR count). The van der Waals surface area contributed by atoms with Gasteiger partial charge in [0, 0.05) is 10.2 Å². The van der Waals surface area contributed by atoms with Gasteiger partial charge in [-0.25, -0.2) is 4.98 Å². The minimum absolute atomic E-state index is 0.301. The first-order chi connectivity index (χ1) is 6.79. The van der Waals surface area contributed by atoms with E-state index in [1.165, 1.54) is 11.8 Å².